The van der Waals surface area contributed by atoms with E-state index in [1.165, 1.54) is 6.92 Å². The highest BCUT2D eigenvalue weighted by Gasteiger charge is 2.55. The summed E-state index contributed by atoms with van der Waals surface area (Å²) in [5.41, 5.74) is -1.86. The Morgan fingerprint density at radius 2 is 1.88 bits per heavy atom. The van der Waals surface area contributed by atoms with Gasteiger partial charge in [0.15, 0.2) is 12.0 Å². The zero-order chi connectivity index (χ0) is 12.3. The van der Waals surface area contributed by atoms with Gasteiger partial charge >= 0.3 is 0 Å². The van der Waals surface area contributed by atoms with Crippen molar-refractivity contribution >= 4 is 0 Å². The van der Waals surface area contributed by atoms with E-state index in [0.29, 0.717) is 13.2 Å². The molecule has 0 amide bonds. The maximum Gasteiger partial charge on any atom is 0.192 e. The normalized spacial score (nSPS) is 45.0. The molecule has 1 N–H and O–H groups in total. The predicted octanol–water partition coefficient (Wildman–Crippen LogP) is 1.41. The van der Waals surface area contributed by atoms with Crippen LogP contribution in [-0.2, 0) is 14.2 Å². The van der Waals surface area contributed by atoms with Gasteiger partial charge in [-0.05, 0) is 19.8 Å². The summed E-state index contributed by atoms with van der Waals surface area (Å²) in [6.45, 7) is 2.77. The molecule has 4 nitrogen and oxygen atoms in total. The Morgan fingerprint density at radius 3 is 2.65 bits per heavy atom. The first-order chi connectivity index (χ1) is 8.12. The van der Waals surface area contributed by atoms with Gasteiger partial charge in [-0.3, -0.25) is 0 Å². The predicted molar refractivity (Wildman–Crippen MR) is 59.4 cm³/mol. The van der Waals surface area contributed by atoms with E-state index in [-0.39, 0.29) is 6.61 Å². The van der Waals surface area contributed by atoms with Gasteiger partial charge in [-0.2, -0.15) is 0 Å². The number of hydrogen-bond acceptors (Lipinski definition) is 4. The first-order valence-electron chi connectivity index (χ1n) is 6.34. The van der Waals surface area contributed by atoms with Gasteiger partial charge in [-0.15, -0.1) is 0 Å². The van der Waals surface area contributed by atoms with Crippen molar-refractivity contribution in [2.75, 3.05) is 19.8 Å². The van der Waals surface area contributed by atoms with Crippen LogP contribution in [0.25, 0.3) is 0 Å². The van der Waals surface area contributed by atoms with E-state index in [1.54, 1.807) is 0 Å². The van der Waals surface area contributed by atoms with Crippen LogP contribution in [0, 0.1) is 0 Å². The zero-order valence-corrected chi connectivity index (χ0v) is 10.2. The molecule has 0 radical (unpaired) electrons. The highest BCUT2D eigenvalue weighted by molar-refractivity contribution is 4.98. The van der Waals surface area contributed by atoms with Gasteiger partial charge in [0.05, 0.1) is 6.61 Å². The molecule has 100 valence electrons. The Kier molecular flexibility index (Phi) is 4.36. The van der Waals surface area contributed by atoms with Crippen molar-refractivity contribution in [1.29, 1.82) is 0 Å². The lowest BCUT2D eigenvalue weighted by Gasteiger charge is -2.25. The minimum atomic E-state index is -1.86. The maximum absolute atomic E-state index is 14.2. The molecule has 5 heteroatoms. The number of aliphatic hydroxyl groups excluding tert-OH is 1. The average Bonchev–Trinajstić information content (AvgIpc) is 2.48. The van der Waals surface area contributed by atoms with Crippen molar-refractivity contribution in [3.05, 3.63) is 0 Å². The van der Waals surface area contributed by atoms with E-state index in [1.807, 2.05) is 0 Å². The van der Waals surface area contributed by atoms with Crippen molar-refractivity contribution in [2.45, 2.75) is 56.8 Å². The fraction of sp³-hybridized carbons (Fsp3) is 1.00. The van der Waals surface area contributed by atoms with Crippen molar-refractivity contribution in [2.24, 2.45) is 0 Å². The summed E-state index contributed by atoms with van der Waals surface area (Å²) >= 11 is 0. The standard InChI is InChI=1S/C12H21FO4/c1-12(13)10-9(17-11(12)14)8-15-6-4-2-3-5-7-16-10/h9-11,14H,2-8H2,1H3/t9-,10-,11-,12-/m1/s1. The van der Waals surface area contributed by atoms with Crippen LogP contribution in [0.2, 0.25) is 0 Å². The number of ether oxygens (including phenoxy) is 3. The molecule has 0 aromatic rings. The molecule has 2 aliphatic heterocycles. The Labute approximate surface area is 101 Å². The third-order valence-corrected chi connectivity index (χ3v) is 3.44. The molecule has 2 heterocycles. The number of halogens is 1. The minimum absolute atomic E-state index is 0.279. The largest absolute Gasteiger partial charge is 0.379 e. The Morgan fingerprint density at radius 1 is 1.18 bits per heavy atom. The number of aliphatic hydroxyl groups is 1. The van der Waals surface area contributed by atoms with Gasteiger partial charge in [-0.25, -0.2) is 4.39 Å². The third kappa shape index (κ3) is 2.96. The minimum Gasteiger partial charge on any atom is -0.379 e. The summed E-state index contributed by atoms with van der Waals surface area (Å²) in [4.78, 5) is 0. The van der Waals surface area contributed by atoms with Crippen LogP contribution in [0.4, 0.5) is 4.39 Å². The highest BCUT2D eigenvalue weighted by atomic mass is 19.1. The fourth-order valence-electron chi connectivity index (χ4n) is 2.34. The lowest BCUT2D eigenvalue weighted by atomic mass is 9.99. The monoisotopic (exact) mass is 248 g/mol. The number of hydrogen-bond donors (Lipinski definition) is 1. The first-order valence-corrected chi connectivity index (χ1v) is 6.34. The van der Waals surface area contributed by atoms with E-state index < -0.39 is 24.2 Å². The molecule has 2 saturated heterocycles. The Balaban J connectivity index is 2.01. The Bertz CT molecular complexity index is 247. The molecule has 17 heavy (non-hydrogen) atoms. The van der Waals surface area contributed by atoms with Crippen molar-refractivity contribution in [3.63, 3.8) is 0 Å². The molecule has 0 unspecified atom stereocenters. The summed E-state index contributed by atoms with van der Waals surface area (Å²) in [5.74, 6) is 0. The maximum atomic E-state index is 14.2. The molecule has 2 fully saturated rings. The fourth-order valence-corrected chi connectivity index (χ4v) is 2.34. The van der Waals surface area contributed by atoms with Crippen LogP contribution in [0.5, 0.6) is 0 Å². The van der Waals surface area contributed by atoms with Crippen LogP contribution in [0.1, 0.15) is 32.6 Å². The van der Waals surface area contributed by atoms with Crippen LogP contribution < -0.4 is 0 Å². The Hall–Kier alpha value is -0.230. The van der Waals surface area contributed by atoms with E-state index in [9.17, 15) is 9.50 Å². The molecule has 0 aromatic heterocycles. The smallest absolute Gasteiger partial charge is 0.192 e. The van der Waals surface area contributed by atoms with E-state index in [4.69, 9.17) is 14.2 Å². The van der Waals surface area contributed by atoms with Crippen LogP contribution >= 0.6 is 0 Å². The third-order valence-electron chi connectivity index (χ3n) is 3.44. The lowest BCUT2D eigenvalue weighted by molar-refractivity contribution is -0.146. The number of alkyl halides is 1. The number of rotatable bonds is 0. The molecule has 0 spiro atoms. The lowest BCUT2D eigenvalue weighted by Crippen LogP contribution is -2.44. The van der Waals surface area contributed by atoms with Gasteiger partial charge < -0.3 is 19.3 Å². The molecular formula is C12H21FO4. The summed E-state index contributed by atoms with van der Waals surface area (Å²) in [6, 6.07) is 0. The van der Waals surface area contributed by atoms with Gasteiger partial charge in [0, 0.05) is 13.2 Å². The second-order valence-corrected chi connectivity index (χ2v) is 4.96. The van der Waals surface area contributed by atoms with Crippen molar-refractivity contribution < 1.29 is 23.7 Å². The van der Waals surface area contributed by atoms with Crippen LogP contribution in [-0.4, -0.2) is 49.1 Å². The molecule has 2 aliphatic rings. The van der Waals surface area contributed by atoms with Crippen molar-refractivity contribution in [1.82, 2.24) is 0 Å². The molecule has 0 aromatic carbocycles. The first kappa shape index (κ1) is 13.2. The molecule has 0 saturated carbocycles. The second-order valence-electron chi connectivity index (χ2n) is 4.96. The second kappa shape index (κ2) is 5.61. The average molecular weight is 248 g/mol. The van der Waals surface area contributed by atoms with E-state index in [2.05, 4.69) is 0 Å². The molecule has 4 atom stereocenters. The number of fused-ring (bicyclic) bond motifs is 1. The van der Waals surface area contributed by atoms with Crippen molar-refractivity contribution in [3.8, 4) is 0 Å². The molecule has 2 rings (SSSR count). The van der Waals surface area contributed by atoms with E-state index >= 15 is 0 Å². The summed E-state index contributed by atoms with van der Waals surface area (Å²) in [7, 11) is 0. The SMILES string of the molecule is C[C@]1(F)[C@H](O)O[C@@H]2COCCCCCCO[C@H]21. The van der Waals surface area contributed by atoms with Gasteiger partial charge in [0.1, 0.15) is 12.2 Å². The van der Waals surface area contributed by atoms with E-state index in [0.717, 1.165) is 25.7 Å². The van der Waals surface area contributed by atoms with Crippen LogP contribution in [0.15, 0.2) is 0 Å². The van der Waals surface area contributed by atoms with Crippen LogP contribution in [0.3, 0.4) is 0 Å². The molecule has 0 bridgehead atoms. The van der Waals surface area contributed by atoms with Gasteiger partial charge in [0.2, 0.25) is 0 Å². The highest BCUT2D eigenvalue weighted by Crippen LogP contribution is 2.35. The van der Waals surface area contributed by atoms with Gasteiger partial charge in [0.25, 0.3) is 0 Å². The summed E-state index contributed by atoms with van der Waals surface area (Å²) < 4.78 is 30.4. The zero-order valence-electron chi connectivity index (χ0n) is 10.2. The topological polar surface area (TPSA) is 47.9 Å². The van der Waals surface area contributed by atoms with Gasteiger partial charge in [-0.1, -0.05) is 12.8 Å². The molecule has 0 aliphatic carbocycles. The summed E-state index contributed by atoms with van der Waals surface area (Å²) in [6.07, 6.45) is 1.41. The summed E-state index contributed by atoms with van der Waals surface area (Å²) in [5, 5.41) is 9.53. The molecular weight excluding hydrogens is 227 g/mol. The quantitative estimate of drug-likeness (QED) is 0.704.